The molecule has 0 rings (SSSR count). The van der Waals surface area contributed by atoms with Crippen molar-refractivity contribution in [1.29, 1.82) is 0 Å². The van der Waals surface area contributed by atoms with E-state index in [9.17, 15) is 0 Å². The third-order valence-corrected chi connectivity index (χ3v) is 1.04. The summed E-state index contributed by atoms with van der Waals surface area (Å²) >= 11 is 5.58. The monoisotopic (exact) mass is 132 g/mol. The largest absolute Gasteiger partial charge is 0.123 e. The van der Waals surface area contributed by atoms with E-state index in [-0.39, 0.29) is 5.00 Å². The van der Waals surface area contributed by atoms with Gasteiger partial charge in [0.25, 0.3) is 0 Å². The Morgan fingerprint density at radius 3 is 2.43 bits per heavy atom. The molecule has 0 fully saturated rings. The number of hydrogen-bond donors (Lipinski definition) is 0. The maximum atomic E-state index is 5.58. The second-order valence-corrected chi connectivity index (χ2v) is 3.96. The van der Waals surface area contributed by atoms with Crippen LogP contribution in [0.3, 0.4) is 0 Å². The summed E-state index contributed by atoms with van der Waals surface area (Å²) in [4.78, 5) is 0. The van der Waals surface area contributed by atoms with Crippen LogP contribution in [0.2, 0.25) is 0 Å². The lowest BCUT2D eigenvalue weighted by Crippen LogP contribution is -1.86. The highest BCUT2D eigenvalue weighted by Crippen LogP contribution is 1.88. The first-order chi connectivity index (χ1) is 3.27. The molecule has 0 radical (unpaired) electrons. The first-order valence-electron chi connectivity index (χ1n) is 2.20. The number of rotatable bonds is 2. The molecule has 0 N–H and O–H groups in total. The lowest BCUT2D eigenvalue weighted by atomic mass is 10.5. The molecule has 40 valence electrons. The Morgan fingerprint density at radius 1 is 1.71 bits per heavy atom. The van der Waals surface area contributed by atoms with Crippen LogP contribution in [0.4, 0.5) is 0 Å². The summed E-state index contributed by atoms with van der Waals surface area (Å²) in [7, 11) is 1.01. The average Bonchev–Trinajstić information content (AvgIpc) is 1.61. The first-order valence-corrected chi connectivity index (χ1v) is 3.79. The zero-order valence-corrected chi connectivity index (χ0v) is 7.15. The molecule has 0 aromatic heterocycles. The summed E-state index contributed by atoms with van der Waals surface area (Å²) in [6.45, 7) is 3.50. The third-order valence-electron chi connectivity index (χ3n) is 0.512. The molecule has 1 atom stereocenters. The van der Waals surface area contributed by atoms with Crippen molar-refractivity contribution in [3.63, 3.8) is 0 Å². The second kappa shape index (κ2) is 4.15. The summed E-state index contributed by atoms with van der Waals surface area (Å²) in [5.74, 6) is 0. The average molecular weight is 133 g/mol. The Balaban J connectivity index is 3.25. The Kier molecular flexibility index (Phi) is 4.15. The molecule has 1 unspecified atom stereocenters. The second-order valence-electron chi connectivity index (χ2n) is 1.30. The van der Waals surface area contributed by atoms with Crippen LogP contribution in [0.5, 0.6) is 0 Å². The lowest BCUT2D eigenvalue weighted by Gasteiger charge is -1.84. The smallest absolute Gasteiger partial charge is 0.0342 e. The highest BCUT2D eigenvalue weighted by Gasteiger charge is 1.80. The zero-order valence-electron chi connectivity index (χ0n) is 4.39. The first kappa shape index (κ1) is 6.99. The normalized spacial score (nSPS) is 15.0. The van der Waals surface area contributed by atoms with Gasteiger partial charge in [0.15, 0.2) is 0 Å². The topological polar surface area (TPSA) is 0 Å². The molecule has 0 aromatic carbocycles. The van der Waals surface area contributed by atoms with Crippen LogP contribution < -0.4 is 0 Å². The summed E-state index contributed by atoms with van der Waals surface area (Å²) in [6.07, 6.45) is 5.53. The van der Waals surface area contributed by atoms with E-state index < -0.39 is 0 Å². The molecule has 0 aliphatic rings. The standard InChI is InChI=1S/C5H9ClSi/c1-2-3-4-5(6)7/h2-5H,1H2,7H3. The van der Waals surface area contributed by atoms with Gasteiger partial charge in [-0.05, 0) is 0 Å². The Bertz CT molecular complexity index is 76.1. The highest BCUT2D eigenvalue weighted by molar-refractivity contribution is 6.41. The lowest BCUT2D eigenvalue weighted by molar-refractivity contribution is 1.60. The van der Waals surface area contributed by atoms with Gasteiger partial charge in [-0.2, -0.15) is 0 Å². The van der Waals surface area contributed by atoms with Gasteiger partial charge in [0, 0.05) is 15.2 Å². The Hall–Kier alpha value is -0.0131. The molecule has 2 heteroatoms. The minimum absolute atomic E-state index is 0.262. The summed E-state index contributed by atoms with van der Waals surface area (Å²) in [6, 6.07) is 0. The minimum atomic E-state index is 0.262. The van der Waals surface area contributed by atoms with Crippen molar-refractivity contribution in [1.82, 2.24) is 0 Å². The number of alkyl halides is 1. The van der Waals surface area contributed by atoms with Crippen molar-refractivity contribution >= 4 is 21.8 Å². The Labute approximate surface area is 52.3 Å². The quantitative estimate of drug-likeness (QED) is 0.294. The fourth-order valence-corrected chi connectivity index (χ4v) is 0.538. The van der Waals surface area contributed by atoms with E-state index in [4.69, 9.17) is 11.6 Å². The predicted octanol–water partition coefficient (Wildman–Crippen LogP) is 0.659. The van der Waals surface area contributed by atoms with Gasteiger partial charge in [0.05, 0.1) is 0 Å². The Morgan fingerprint density at radius 2 is 2.29 bits per heavy atom. The van der Waals surface area contributed by atoms with Crippen LogP contribution in [0.1, 0.15) is 0 Å². The van der Waals surface area contributed by atoms with Gasteiger partial charge in [-0.15, -0.1) is 11.6 Å². The molecule has 0 aromatic rings. The maximum Gasteiger partial charge on any atom is 0.0342 e. The maximum absolute atomic E-state index is 5.58. The minimum Gasteiger partial charge on any atom is -0.123 e. The molecule has 0 saturated heterocycles. The SMILES string of the molecule is C=CC=CC([SiH3])Cl. The fraction of sp³-hybridized carbons (Fsp3) is 0.200. The van der Waals surface area contributed by atoms with Gasteiger partial charge in [0.1, 0.15) is 0 Å². The molecule has 0 heterocycles. The van der Waals surface area contributed by atoms with Gasteiger partial charge in [-0.25, -0.2) is 0 Å². The number of hydrogen-bond acceptors (Lipinski definition) is 0. The summed E-state index contributed by atoms with van der Waals surface area (Å²) < 4.78 is 0. The van der Waals surface area contributed by atoms with Gasteiger partial charge >= 0.3 is 0 Å². The molecule has 0 aliphatic heterocycles. The fourth-order valence-electron chi connectivity index (χ4n) is 0.232. The molecular weight excluding hydrogens is 124 g/mol. The van der Waals surface area contributed by atoms with Gasteiger partial charge in [-0.1, -0.05) is 24.8 Å². The van der Waals surface area contributed by atoms with E-state index in [1.807, 2.05) is 12.2 Å². The van der Waals surface area contributed by atoms with Crippen molar-refractivity contribution in [3.05, 3.63) is 24.8 Å². The van der Waals surface area contributed by atoms with Crippen molar-refractivity contribution in [2.45, 2.75) is 5.00 Å². The van der Waals surface area contributed by atoms with Crippen LogP contribution >= 0.6 is 11.6 Å². The van der Waals surface area contributed by atoms with Crippen LogP contribution in [0.25, 0.3) is 0 Å². The molecule has 0 aliphatic carbocycles. The molecule has 0 spiro atoms. The van der Waals surface area contributed by atoms with Crippen LogP contribution in [0.15, 0.2) is 24.8 Å². The number of allylic oxidation sites excluding steroid dienone is 3. The molecule has 0 amide bonds. The van der Waals surface area contributed by atoms with Crippen LogP contribution in [0, 0.1) is 0 Å². The molecule has 7 heavy (non-hydrogen) atoms. The van der Waals surface area contributed by atoms with Crippen LogP contribution in [-0.2, 0) is 0 Å². The molecule has 0 nitrogen and oxygen atoms in total. The van der Waals surface area contributed by atoms with E-state index in [2.05, 4.69) is 6.58 Å². The van der Waals surface area contributed by atoms with E-state index >= 15 is 0 Å². The van der Waals surface area contributed by atoms with E-state index in [1.165, 1.54) is 0 Å². The van der Waals surface area contributed by atoms with Crippen molar-refractivity contribution < 1.29 is 0 Å². The van der Waals surface area contributed by atoms with E-state index in [0.29, 0.717) is 0 Å². The highest BCUT2D eigenvalue weighted by atomic mass is 35.5. The van der Waals surface area contributed by atoms with E-state index in [1.54, 1.807) is 6.08 Å². The zero-order chi connectivity index (χ0) is 5.70. The van der Waals surface area contributed by atoms with Crippen molar-refractivity contribution in [2.75, 3.05) is 0 Å². The summed E-state index contributed by atoms with van der Waals surface area (Å²) in [5, 5.41) is 0.262. The van der Waals surface area contributed by atoms with Gasteiger partial charge < -0.3 is 0 Å². The summed E-state index contributed by atoms with van der Waals surface area (Å²) in [5.41, 5.74) is 0. The molecular formula is C5H9ClSi. The van der Waals surface area contributed by atoms with Crippen molar-refractivity contribution in [2.24, 2.45) is 0 Å². The predicted molar refractivity (Wildman–Crippen MR) is 38.9 cm³/mol. The van der Waals surface area contributed by atoms with Crippen LogP contribution in [-0.4, -0.2) is 15.2 Å². The van der Waals surface area contributed by atoms with E-state index in [0.717, 1.165) is 10.2 Å². The van der Waals surface area contributed by atoms with Gasteiger partial charge in [-0.3, -0.25) is 0 Å². The molecule has 0 saturated carbocycles. The number of halogens is 1. The van der Waals surface area contributed by atoms with Crippen molar-refractivity contribution in [3.8, 4) is 0 Å². The van der Waals surface area contributed by atoms with Gasteiger partial charge in [0.2, 0.25) is 0 Å². The molecule has 0 bridgehead atoms. The third kappa shape index (κ3) is 5.99.